The molecule has 2 aromatic carbocycles. The van der Waals surface area contributed by atoms with Crippen molar-refractivity contribution in [3.05, 3.63) is 53.9 Å². The fraction of sp³-hybridized carbons (Fsp3) is 0.286. The second-order valence-corrected chi connectivity index (χ2v) is 9.50. The first kappa shape index (κ1) is 20.9. The molecule has 3 aromatic rings. The van der Waals surface area contributed by atoms with E-state index in [1.165, 1.54) is 6.92 Å². The van der Waals surface area contributed by atoms with Crippen LogP contribution in [0.4, 0.5) is 5.69 Å². The van der Waals surface area contributed by atoms with Gasteiger partial charge in [0, 0.05) is 17.3 Å². The van der Waals surface area contributed by atoms with Crippen LogP contribution in [-0.2, 0) is 20.4 Å². The molecule has 0 saturated carbocycles. The van der Waals surface area contributed by atoms with E-state index in [0.717, 1.165) is 11.1 Å². The Morgan fingerprint density at radius 3 is 2.68 bits per heavy atom. The SMILES string of the molecule is Cc1cccc(-c2noc(CS(=O)(=O)[C@H](C)C(=O)Nc3ccc4c(c3)OCCO4)n2)c1. The third-order valence-electron chi connectivity index (χ3n) is 4.79. The summed E-state index contributed by atoms with van der Waals surface area (Å²) in [5.41, 5.74) is 2.15. The van der Waals surface area contributed by atoms with Gasteiger partial charge in [-0.1, -0.05) is 28.9 Å². The van der Waals surface area contributed by atoms with Gasteiger partial charge in [-0.25, -0.2) is 8.42 Å². The number of nitrogens with zero attached hydrogens (tertiary/aromatic N) is 2. The molecule has 10 heteroatoms. The van der Waals surface area contributed by atoms with E-state index in [4.69, 9.17) is 14.0 Å². The fourth-order valence-electron chi connectivity index (χ4n) is 3.04. The molecule has 2 heterocycles. The maximum Gasteiger partial charge on any atom is 0.242 e. The quantitative estimate of drug-likeness (QED) is 0.617. The summed E-state index contributed by atoms with van der Waals surface area (Å²) in [7, 11) is -3.89. The summed E-state index contributed by atoms with van der Waals surface area (Å²) >= 11 is 0. The monoisotopic (exact) mass is 443 g/mol. The Hall–Kier alpha value is -3.40. The molecule has 0 saturated heterocycles. The van der Waals surface area contributed by atoms with Crippen molar-refractivity contribution in [2.24, 2.45) is 0 Å². The number of ether oxygens (including phenoxy) is 2. The molecule has 0 spiro atoms. The van der Waals surface area contributed by atoms with Crippen molar-refractivity contribution in [1.82, 2.24) is 10.1 Å². The Morgan fingerprint density at radius 1 is 1.13 bits per heavy atom. The molecule has 1 aromatic heterocycles. The van der Waals surface area contributed by atoms with Crippen molar-refractivity contribution in [2.75, 3.05) is 18.5 Å². The lowest BCUT2D eigenvalue weighted by Crippen LogP contribution is -2.33. The molecule has 0 radical (unpaired) electrons. The number of rotatable bonds is 6. The number of hydrogen-bond donors (Lipinski definition) is 1. The predicted molar refractivity (Wildman–Crippen MR) is 113 cm³/mol. The van der Waals surface area contributed by atoms with E-state index >= 15 is 0 Å². The zero-order chi connectivity index (χ0) is 22.0. The lowest BCUT2D eigenvalue weighted by molar-refractivity contribution is -0.115. The van der Waals surface area contributed by atoms with Gasteiger partial charge in [0.2, 0.25) is 17.6 Å². The molecular weight excluding hydrogens is 422 g/mol. The van der Waals surface area contributed by atoms with Gasteiger partial charge in [-0.15, -0.1) is 0 Å². The first-order valence-electron chi connectivity index (χ1n) is 9.63. The molecule has 9 nitrogen and oxygen atoms in total. The van der Waals surface area contributed by atoms with Gasteiger partial charge >= 0.3 is 0 Å². The molecule has 31 heavy (non-hydrogen) atoms. The summed E-state index contributed by atoms with van der Waals surface area (Å²) in [6, 6.07) is 12.3. The highest BCUT2D eigenvalue weighted by Crippen LogP contribution is 2.32. The van der Waals surface area contributed by atoms with Crippen molar-refractivity contribution >= 4 is 21.4 Å². The second-order valence-electron chi connectivity index (χ2n) is 7.18. The number of carbonyl (C=O) groups excluding carboxylic acids is 1. The first-order chi connectivity index (χ1) is 14.8. The summed E-state index contributed by atoms with van der Waals surface area (Å²) in [4.78, 5) is 16.7. The number of aromatic nitrogens is 2. The van der Waals surface area contributed by atoms with Crippen LogP contribution in [0.15, 0.2) is 47.0 Å². The van der Waals surface area contributed by atoms with Gasteiger partial charge in [-0.2, -0.15) is 4.98 Å². The lowest BCUT2D eigenvalue weighted by Gasteiger charge is -2.19. The van der Waals surface area contributed by atoms with E-state index < -0.39 is 26.7 Å². The van der Waals surface area contributed by atoms with Gasteiger partial charge in [-0.3, -0.25) is 4.79 Å². The maximum atomic E-state index is 12.7. The molecular formula is C21H21N3O6S. The van der Waals surface area contributed by atoms with E-state index in [9.17, 15) is 13.2 Å². The van der Waals surface area contributed by atoms with Crippen LogP contribution in [0.25, 0.3) is 11.4 Å². The number of fused-ring (bicyclic) bond motifs is 1. The minimum atomic E-state index is -3.89. The van der Waals surface area contributed by atoms with Crippen LogP contribution in [0, 0.1) is 6.92 Å². The third kappa shape index (κ3) is 4.69. The van der Waals surface area contributed by atoms with Crippen LogP contribution >= 0.6 is 0 Å². The van der Waals surface area contributed by atoms with Crippen molar-refractivity contribution in [2.45, 2.75) is 24.9 Å². The maximum absolute atomic E-state index is 12.7. The highest BCUT2D eigenvalue weighted by Gasteiger charge is 2.30. The van der Waals surface area contributed by atoms with Crippen LogP contribution < -0.4 is 14.8 Å². The van der Waals surface area contributed by atoms with Gasteiger partial charge in [0.1, 0.15) is 24.2 Å². The Bertz CT molecular complexity index is 1220. The molecule has 1 amide bonds. The number of hydrogen-bond acceptors (Lipinski definition) is 8. The Kier molecular flexibility index (Phi) is 5.64. The fourth-order valence-corrected chi connectivity index (χ4v) is 4.14. The summed E-state index contributed by atoms with van der Waals surface area (Å²) in [6.45, 7) is 4.11. The van der Waals surface area contributed by atoms with Gasteiger partial charge in [0.05, 0.1) is 0 Å². The number of anilines is 1. The molecule has 0 aliphatic carbocycles. The second kappa shape index (κ2) is 8.38. The van der Waals surface area contributed by atoms with Gasteiger partial charge in [-0.05, 0) is 32.0 Å². The van der Waals surface area contributed by atoms with E-state index in [2.05, 4.69) is 15.5 Å². The van der Waals surface area contributed by atoms with Crippen molar-refractivity contribution < 1.29 is 27.2 Å². The van der Waals surface area contributed by atoms with Crippen LogP contribution in [0.2, 0.25) is 0 Å². The summed E-state index contributed by atoms with van der Waals surface area (Å²) in [5.74, 6) is 0.0781. The molecule has 162 valence electrons. The minimum absolute atomic E-state index is 0.0736. The molecule has 1 aliphatic rings. The van der Waals surface area contributed by atoms with E-state index in [0.29, 0.717) is 36.2 Å². The molecule has 0 fully saturated rings. The van der Waals surface area contributed by atoms with E-state index in [1.807, 2.05) is 25.1 Å². The molecule has 0 bridgehead atoms. The summed E-state index contributed by atoms with van der Waals surface area (Å²) in [6.07, 6.45) is 0. The number of carbonyl (C=O) groups is 1. The van der Waals surface area contributed by atoms with Crippen LogP contribution in [-0.4, -0.2) is 42.9 Å². The zero-order valence-electron chi connectivity index (χ0n) is 17.0. The molecule has 1 N–H and O–H groups in total. The highest BCUT2D eigenvalue weighted by molar-refractivity contribution is 7.92. The Balaban J connectivity index is 1.44. The van der Waals surface area contributed by atoms with Crippen molar-refractivity contribution in [1.29, 1.82) is 0 Å². The predicted octanol–water partition coefficient (Wildman–Crippen LogP) is 2.76. The summed E-state index contributed by atoms with van der Waals surface area (Å²) < 4.78 is 41.5. The third-order valence-corrected chi connectivity index (χ3v) is 6.73. The average molecular weight is 443 g/mol. The van der Waals surface area contributed by atoms with Crippen LogP contribution in [0.3, 0.4) is 0 Å². The number of sulfone groups is 1. The number of nitrogens with one attached hydrogen (secondary N) is 1. The molecule has 0 unspecified atom stereocenters. The smallest absolute Gasteiger partial charge is 0.242 e. The largest absolute Gasteiger partial charge is 0.486 e. The van der Waals surface area contributed by atoms with E-state index in [1.54, 1.807) is 24.3 Å². The normalized spacial score (nSPS) is 14.1. The zero-order valence-corrected chi connectivity index (χ0v) is 17.8. The lowest BCUT2D eigenvalue weighted by atomic mass is 10.1. The van der Waals surface area contributed by atoms with Crippen molar-refractivity contribution in [3.8, 4) is 22.9 Å². The summed E-state index contributed by atoms with van der Waals surface area (Å²) in [5, 5.41) is 5.12. The Morgan fingerprint density at radius 2 is 1.90 bits per heavy atom. The van der Waals surface area contributed by atoms with Gasteiger partial charge < -0.3 is 19.3 Å². The standard InChI is InChI=1S/C21H21N3O6S/c1-13-4-3-5-15(10-13)20-23-19(30-24-20)12-31(26,27)14(2)21(25)22-16-6-7-17-18(11-16)29-9-8-28-17/h3-7,10-11,14H,8-9,12H2,1-2H3,(H,22,25)/t14-/m1/s1. The number of aryl methyl sites for hydroxylation is 1. The molecule has 1 atom stereocenters. The van der Waals surface area contributed by atoms with Gasteiger partial charge in [0.15, 0.2) is 21.3 Å². The molecule has 1 aliphatic heterocycles. The minimum Gasteiger partial charge on any atom is -0.486 e. The van der Waals surface area contributed by atoms with Crippen LogP contribution in [0.5, 0.6) is 11.5 Å². The Labute approximate surface area is 179 Å². The molecule has 4 rings (SSSR count). The average Bonchev–Trinajstić information content (AvgIpc) is 3.21. The van der Waals surface area contributed by atoms with Crippen molar-refractivity contribution in [3.63, 3.8) is 0 Å². The van der Waals surface area contributed by atoms with E-state index in [-0.39, 0.29) is 5.89 Å². The van der Waals surface area contributed by atoms with Gasteiger partial charge in [0.25, 0.3) is 0 Å². The highest BCUT2D eigenvalue weighted by atomic mass is 32.2. The first-order valence-corrected chi connectivity index (χ1v) is 11.3. The number of benzene rings is 2. The van der Waals surface area contributed by atoms with Crippen LogP contribution in [0.1, 0.15) is 18.4 Å². The topological polar surface area (TPSA) is 121 Å². The number of amides is 1.